The second-order valence-electron chi connectivity index (χ2n) is 3.85. The molecule has 0 radical (unpaired) electrons. The van der Waals surface area contributed by atoms with Crippen LogP contribution in [0.4, 0.5) is 0 Å². The lowest BCUT2D eigenvalue weighted by molar-refractivity contribution is 1.28. The van der Waals surface area contributed by atoms with Crippen LogP contribution in [0.25, 0.3) is 21.7 Å². The Kier molecular flexibility index (Phi) is 2.04. The summed E-state index contributed by atoms with van der Waals surface area (Å²) in [7, 11) is 0. The first-order chi connectivity index (χ1) is 7.72. The van der Waals surface area contributed by atoms with Gasteiger partial charge in [0.2, 0.25) is 0 Å². The Hall–Kier alpha value is -1.68. The Morgan fingerprint density at radius 1 is 1.25 bits per heavy atom. The molecule has 3 nitrogen and oxygen atoms in total. The Labute approximate surface area is 97.2 Å². The second kappa shape index (κ2) is 3.42. The molecule has 0 saturated heterocycles. The topological polar surface area (TPSA) is 41.6 Å². The maximum atomic E-state index is 4.55. The van der Waals surface area contributed by atoms with E-state index in [0.717, 1.165) is 26.7 Å². The van der Waals surface area contributed by atoms with Crippen LogP contribution in [0.2, 0.25) is 0 Å². The van der Waals surface area contributed by atoms with Gasteiger partial charge in [-0.1, -0.05) is 6.07 Å². The molecule has 0 saturated carbocycles. The Bertz CT molecular complexity index is 651. The van der Waals surface area contributed by atoms with Crippen molar-refractivity contribution >= 4 is 22.4 Å². The van der Waals surface area contributed by atoms with Gasteiger partial charge in [0.15, 0.2) is 0 Å². The first kappa shape index (κ1) is 9.54. The molecule has 0 aliphatic heterocycles. The van der Waals surface area contributed by atoms with Crippen molar-refractivity contribution in [1.29, 1.82) is 0 Å². The van der Waals surface area contributed by atoms with Crippen LogP contribution in [0, 0.1) is 13.8 Å². The van der Waals surface area contributed by atoms with Crippen molar-refractivity contribution in [1.82, 2.24) is 15.0 Å². The summed E-state index contributed by atoms with van der Waals surface area (Å²) in [6, 6.07) is 6.23. The minimum absolute atomic E-state index is 0.909. The maximum absolute atomic E-state index is 4.55. The van der Waals surface area contributed by atoms with E-state index in [9.17, 15) is 0 Å². The van der Waals surface area contributed by atoms with Gasteiger partial charge in [-0.2, -0.15) is 0 Å². The van der Waals surface area contributed by atoms with E-state index in [1.165, 1.54) is 5.56 Å². The predicted octanol–water partition coefficient (Wildman–Crippen LogP) is 3.30. The standard InChI is InChI=1S/C12H11N3S/c1-7-3-4-9-10(5-7)15-12(14-9)11-6-13-8(2)16-11/h3-6H,1-2H3,(H,14,15). The Morgan fingerprint density at radius 2 is 2.12 bits per heavy atom. The third kappa shape index (κ3) is 1.51. The van der Waals surface area contributed by atoms with Gasteiger partial charge in [0.1, 0.15) is 5.82 Å². The fourth-order valence-corrected chi connectivity index (χ4v) is 2.43. The highest BCUT2D eigenvalue weighted by molar-refractivity contribution is 7.14. The molecule has 3 rings (SSSR count). The van der Waals surface area contributed by atoms with E-state index < -0.39 is 0 Å². The number of hydrogen-bond donors (Lipinski definition) is 1. The van der Waals surface area contributed by atoms with Gasteiger partial charge in [-0.15, -0.1) is 11.3 Å². The van der Waals surface area contributed by atoms with E-state index in [2.05, 4.69) is 34.0 Å². The summed E-state index contributed by atoms with van der Waals surface area (Å²) in [6.45, 7) is 4.08. The lowest BCUT2D eigenvalue weighted by Crippen LogP contribution is -1.72. The molecule has 1 N–H and O–H groups in total. The summed E-state index contributed by atoms with van der Waals surface area (Å²) in [5, 5.41) is 1.06. The molecule has 80 valence electrons. The average molecular weight is 229 g/mol. The van der Waals surface area contributed by atoms with E-state index in [0.29, 0.717) is 0 Å². The monoisotopic (exact) mass is 229 g/mol. The minimum Gasteiger partial charge on any atom is -0.337 e. The van der Waals surface area contributed by atoms with Gasteiger partial charge in [0.25, 0.3) is 0 Å². The van der Waals surface area contributed by atoms with Crippen molar-refractivity contribution in [3.05, 3.63) is 35.0 Å². The normalized spacial score (nSPS) is 11.1. The first-order valence-electron chi connectivity index (χ1n) is 5.11. The zero-order chi connectivity index (χ0) is 11.1. The fourth-order valence-electron chi connectivity index (χ4n) is 1.71. The molecule has 0 fully saturated rings. The van der Waals surface area contributed by atoms with Gasteiger partial charge in [-0.05, 0) is 31.5 Å². The smallest absolute Gasteiger partial charge is 0.150 e. The van der Waals surface area contributed by atoms with Crippen molar-refractivity contribution in [3.8, 4) is 10.7 Å². The van der Waals surface area contributed by atoms with Crippen LogP contribution in [-0.4, -0.2) is 15.0 Å². The maximum Gasteiger partial charge on any atom is 0.150 e. The molecule has 3 aromatic rings. The number of hydrogen-bond acceptors (Lipinski definition) is 3. The molecule has 2 heterocycles. The highest BCUT2D eigenvalue weighted by Crippen LogP contribution is 2.25. The zero-order valence-electron chi connectivity index (χ0n) is 9.11. The molecular formula is C12H11N3S. The zero-order valence-corrected chi connectivity index (χ0v) is 9.93. The minimum atomic E-state index is 0.909. The molecule has 0 bridgehead atoms. The molecule has 0 spiro atoms. The van der Waals surface area contributed by atoms with E-state index in [4.69, 9.17) is 0 Å². The quantitative estimate of drug-likeness (QED) is 0.695. The number of benzene rings is 1. The number of fused-ring (bicyclic) bond motifs is 1. The van der Waals surface area contributed by atoms with Crippen molar-refractivity contribution in [2.75, 3.05) is 0 Å². The van der Waals surface area contributed by atoms with Gasteiger partial charge in [-0.25, -0.2) is 9.97 Å². The fraction of sp³-hybridized carbons (Fsp3) is 0.167. The Morgan fingerprint density at radius 3 is 2.88 bits per heavy atom. The highest BCUT2D eigenvalue weighted by atomic mass is 32.1. The highest BCUT2D eigenvalue weighted by Gasteiger charge is 2.07. The summed E-state index contributed by atoms with van der Waals surface area (Å²) in [5.41, 5.74) is 3.33. The number of thiazole rings is 1. The summed E-state index contributed by atoms with van der Waals surface area (Å²) in [6.07, 6.45) is 1.87. The first-order valence-corrected chi connectivity index (χ1v) is 5.93. The molecule has 4 heteroatoms. The van der Waals surface area contributed by atoms with Gasteiger partial charge < -0.3 is 4.98 Å². The van der Waals surface area contributed by atoms with Gasteiger partial charge in [0, 0.05) is 6.20 Å². The summed E-state index contributed by atoms with van der Waals surface area (Å²) >= 11 is 1.66. The van der Waals surface area contributed by atoms with E-state index in [-0.39, 0.29) is 0 Å². The van der Waals surface area contributed by atoms with Gasteiger partial charge >= 0.3 is 0 Å². The molecule has 1 aromatic carbocycles. The molecule has 0 unspecified atom stereocenters. The molecule has 16 heavy (non-hydrogen) atoms. The third-order valence-electron chi connectivity index (χ3n) is 2.49. The van der Waals surface area contributed by atoms with Crippen LogP contribution in [0.3, 0.4) is 0 Å². The Balaban J connectivity index is 2.18. The van der Waals surface area contributed by atoms with Crippen LogP contribution in [0.1, 0.15) is 10.6 Å². The van der Waals surface area contributed by atoms with E-state index >= 15 is 0 Å². The number of aryl methyl sites for hydroxylation is 2. The van der Waals surface area contributed by atoms with E-state index in [1.54, 1.807) is 11.3 Å². The van der Waals surface area contributed by atoms with Crippen LogP contribution in [0.5, 0.6) is 0 Å². The van der Waals surface area contributed by atoms with Crippen molar-refractivity contribution in [2.24, 2.45) is 0 Å². The van der Waals surface area contributed by atoms with Gasteiger partial charge in [-0.3, -0.25) is 0 Å². The molecule has 0 amide bonds. The van der Waals surface area contributed by atoms with Gasteiger partial charge in [0.05, 0.1) is 20.9 Å². The number of aromatic amines is 1. The average Bonchev–Trinajstić information content (AvgIpc) is 2.83. The number of nitrogens with one attached hydrogen (secondary N) is 1. The molecule has 0 aliphatic rings. The summed E-state index contributed by atoms with van der Waals surface area (Å²) in [4.78, 5) is 13.2. The predicted molar refractivity (Wildman–Crippen MR) is 66.7 cm³/mol. The summed E-state index contributed by atoms with van der Waals surface area (Å²) < 4.78 is 0. The van der Waals surface area contributed by atoms with Crippen LogP contribution >= 0.6 is 11.3 Å². The molecular weight excluding hydrogens is 218 g/mol. The molecule has 0 aliphatic carbocycles. The SMILES string of the molecule is Cc1ccc2nc(-c3cnc(C)s3)[nH]c2c1. The number of H-pyrrole nitrogens is 1. The summed E-state index contributed by atoms with van der Waals surface area (Å²) in [5.74, 6) is 0.909. The van der Waals surface area contributed by atoms with Crippen molar-refractivity contribution in [2.45, 2.75) is 13.8 Å². The van der Waals surface area contributed by atoms with Crippen LogP contribution in [0.15, 0.2) is 24.4 Å². The number of aromatic nitrogens is 3. The van der Waals surface area contributed by atoms with Crippen molar-refractivity contribution < 1.29 is 0 Å². The largest absolute Gasteiger partial charge is 0.337 e. The van der Waals surface area contributed by atoms with Crippen molar-refractivity contribution in [3.63, 3.8) is 0 Å². The van der Waals surface area contributed by atoms with Crippen LogP contribution in [-0.2, 0) is 0 Å². The van der Waals surface area contributed by atoms with Crippen LogP contribution < -0.4 is 0 Å². The lowest BCUT2D eigenvalue weighted by Gasteiger charge is -1.89. The second-order valence-corrected chi connectivity index (χ2v) is 5.08. The van der Waals surface area contributed by atoms with E-state index in [1.807, 2.05) is 19.2 Å². The molecule has 0 atom stereocenters. The number of imidazole rings is 1. The number of nitrogens with zero attached hydrogens (tertiary/aromatic N) is 2. The lowest BCUT2D eigenvalue weighted by atomic mass is 10.2. The third-order valence-corrected chi connectivity index (χ3v) is 3.41. The molecule has 2 aromatic heterocycles. The number of rotatable bonds is 1.